The number of rotatable bonds is 4. The number of aromatic nitrogens is 5. The molecule has 3 aromatic heterocycles. The third kappa shape index (κ3) is 3.59. The van der Waals surface area contributed by atoms with Crippen LogP contribution in [0.15, 0.2) is 30.9 Å². The van der Waals surface area contributed by atoms with Crippen molar-refractivity contribution in [3.63, 3.8) is 0 Å². The van der Waals surface area contributed by atoms with Crippen LogP contribution in [0.3, 0.4) is 0 Å². The van der Waals surface area contributed by atoms with Crippen molar-refractivity contribution in [2.75, 3.05) is 31.1 Å². The van der Waals surface area contributed by atoms with Gasteiger partial charge in [-0.1, -0.05) is 0 Å². The monoisotopic (exact) mass is 391 g/mol. The van der Waals surface area contributed by atoms with Crippen molar-refractivity contribution in [1.82, 2.24) is 29.8 Å². The van der Waals surface area contributed by atoms with Crippen LogP contribution < -0.4 is 10.2 Å². The summed E-state index contributed by atoms with van der Waals surface area (Å²) in [6, 6.07) is 4.52. The third-order valence-corrected chi connectivity index (χ3v) is 6.52. The van der Waals surface area contributed by atoms with E-state index in [0.717, 1.165) is 54.5 Å². The zero-order chi connectivity index (χ0) is 19.8. The van der Waals surface area contributed by atoms with Gasteiger partial charge in [0.15, 0.2) is 0 Å². The van der Waals surface area contributed by atoms with Crippen LogP contribution >= 0.6 is 0 Å². The summed E-state index contributed by atoms with van der Waals surface area (Å²) in [6.07, 6.45) is 10.1. The molecule has 0 saturated carbocycles. The standard InChI is InChI=1S/C22H29N7/c1-16(2)29-15-26-19-13-25-18(12-20(19)29)11-17-3-7-24-21(27-17)28-10-6-22(14-28)4-8-23-9-5-22/h3,7,12-13,15-16,23H,4-6,8-11,14H2,1-2H3. The number of nitrogens with one attached hydrogen (secondary N) is 1. The number of nitrogens with zero attached hydrogens (tertiary/aromatic N) is 6. The summed E-state index contributed by atoms with van der Waals surface area (Å²) in [5.41, 5.74) is 4.55. The zero-order valence-electron chi connectivity index (χ0n) is 17.3. The second-order valence-electron chi connectivity index (χ2n) is 8.86. The Bertz CT molecular complexity index is 1000. The SMILES string of the molecule is CC(C)n1cnc2cnc(Cc3ccnc(N4CCC5(CCNCC5)C4)n3)cc21. The number of imidazole rings is 1. The normalized spacial score (nSPS) is 18.9. The van der Waals surface area contributed by atoms with Crippen molar-refractivity contribution in [1.29, 1.82) is 0 Å². The highest BCUT2D eigenvalue weighted by Gasteiger charge is 2.39. The third-order valence-electron chi connectivity index (χ3n) is 6.52. The van der Waals surface area contributed by atoms with Crippen LogP contribution in [0, 0.1) is 5.41 Å². The Morgan fingerprint density at radius 2 is 1.97 bits per heavy atom. The van der Waals surface area contributed by atoms with Crippen molar-refractivity contribution in [2.45, 2.75) is 45.6 Å². The summed E-state index contributed by atoms with van der Waals surface area (Å²) in [5, 5.41) is 3.49. The molecule has 7 nitrogen and oxygen atoms in total. The van der Waals surface area contributed by atoms with Crippen molar-refractivity contribution in [3.8, 4) is 0 Å². The van der Waals surface area contributed by atoms with Gasteiger partial charge in [0.1, 0.15) is 5.52 Å². The summed E-state index contributed by atoms with van der Waals surface area (Å²) < 4.78 is 2.19. The molecule has 0 radical (unpaired) electrons. The number of hydrogen-bond donors (Lipinski definition) is 1. The van der Waals surface area contributed by atoms with Crippen LogP contribution in [0.25, 0.3) is 11.0 Å². The molecule has 1 spiro atoms. The van der Waals surface area contributed by atoms with E-state index in [9.17, 15) is 0 Å². The topological polar surface area (TPSA) is 71.8 Å². The molecule has 5 heterocycles. The second-order valence-corrected chi connectivity index (χ2v) is 8.86. The first kappa shape index (κ1) is 18.5. The van der Waals surface area contributed by atoms with E-state index in [1.165, 1.54) is 19.3 Å². The van der Waals surface area contributed by atoms with Gasteiger partial charge in [0, 0.05) is 37.4 Å². The molecular formula is C22H29N7. The molecule has 0 amide bonds. The number of fused-ring (bicyclic) bond motifs is 1. The highest BCUT2D eigenvalue weighted by Crippen LogP contribution is 2.39. The van der Waals surface area contributed by atoms with E-state index in [0.29, 0.717) is 17.9 Å². The van der Waals surface area contributed by atoms with Gasteiger partial charge >= 0.3 is 0 Å². The molecule has 0 aromatic carbocycles. The molecule has 7 heteroatoms. The molecule has 2 saturated heterocycles. The number of pyridine rings is 1. The molecular weight excluding hydrogens is 362 g/mol. The fraction of sp³-hybridized carbons (Fsp3) is 0.545. The summed E-state index contributed by atoms with van der Waals surface area (Å²) in [4.78, 5) is 20.9. The molecule has 29 heavy (non-hydrogen) atoms. The lowest BCUT2D eigenvalue weighted by Gasteiger charge is -2.33. The molecule has 152 valence electrons. The van der Waals surface area contributed by atoms with Crippen LogP contribution in [0.5, 0.6) is 0 Å². The van der Waals surface area contributed by atoms with Gasteiger partial charge in [-0.2, -0.15) is 0 Å². The van der Waals surface area contributed by atoms with Crippen LogP contribution in [-0.4, -0.2) is 50.7 Å². The minimum Gasteiger partial charge on any atom is -0.340 e. The Hall–Kier alpha value is -2.54. The molecule has 2 fully saturated rings. The van der Waals surface area contributed by atoms with Gasteiger partial charge in [-0.05, 0) is 63.7 Å². The van der Waals surface area contributed by atoms with Gasteiger partial charge < -0.3 is 14.8 Å². The Morgan fingerprint density at radius 1 is 1.10 bits per heavy atom. The fourth-order valence-electron chi connectivity index (χ4n) is 4.77. The van der Waals surface area contributed by atoms with E-state index in [4.69, 9.17) is 4.98 Å². The average Bonchev–Trinajstić information content (AvgIpc) is 3.33. The molecule has 5 rings (SSSR count). The maximum atomic E-state index is 4.89. The van der Waals surface area contributed by atoms with Crippen molar-refractivity contribution in [3.05, 3.63) is 42.2 Å². The van der Waals surface area contributed by atoms with Gasteiger partial charge in [-0.15, -0.1) is 0 Å². The van der Waals surface area contributed by atoms with E-state index < -0.39 is 0 Å². The largest absolute Gasteiger partial charge is 0.340 e. The molecule has 3 aromatic rings. The van der Waals surface area contributed by atoms with E-state index in [1.807, 2.05) is 24.8 Å². The van der Waals surface area contributed by atoms with Crippen LogP contribution in [0.1, 0.15) is 50.5 Å². The Kier molecular flexibility index (Phi) is 4.70. The lowest BCUT2D eigenvalue weighted by molar-refractivity contribution is 0.232. The van der Waals surface area contributed by atoms with E-state index in [1.54, 1.807) is 0 Å². The Balaban J connectivity index is 1.35. The summed E-state index contributed by atoms with van der Waals surface area (Å²) in [5.74, 6) is 0.867. The number of piperidine rings is 1. The Labute approximate surface area is 171 Å². The number of hydrogen-bond acceptors (Lipinski definition) is 6. The first-order chi connectivity index (χ1) is 14.1. The predicted octanol–water partition coefficient (Wildman–Crippen LogP) is 2.97. The molecule has 0 unspecified atom stereocenters. The van der Waals surface area contributed by atoms with Crippen LogP contribution in [-0.2, 0) is 6.42 Å². The van der Waals surface area contributed by atoms with Crippen molar-refractivity contribution < 1.29 is 0 Å². The quantitative estimate of drug-likeness (QED) is 0.737. The minimum atomic E-state index is 0.373. The van der Waals surface area contributed by atoms with E-state index in [2.05, 4.69) is 49.6 Å². The molecule has 0 atom stereocenters. The van der Waals surface area contributed by atoms with Gasteiger partial charge in [-0.3, -0.25) is 4.98 Å². The molecule has 0 bridgehead atoms. The van der Waals surface area contributed by atoms with Gasteiger partial charge in [0.25, 0.3) is 0 Å². The van der Waals surface area contributed by atoms with Crippen molar-refractivity contribution >= 4 is 17.0 Å². The lowest BCUT2D eigenvalue weighted by Crippen LogP contribution is -2.38. The summed E-state index contributed by atoms with van der Waals surface area (Å²) >= 11 is 0. The highest BCUT2D eigenvalue weighted by molar-refractivity contribution is 5.74. The summed E-state index contributed by atoms with van der Waals surface area (Å²) in [6.45, 7) is 8.75. The van der Waals surface area contributed by atoms with Crippen LogP contribution in [0.4, 0.5) is 5.95 Å². The van der Waals surface area contributed by atoms with Crippen molar-refractivity contribution in [2.24, 2.45) is 5.41 Å². The minimum absolute atomic E-state index is 0.373. The molecule has 2 aliphatic rings. The predicted molar refractivity (Wildman–Crippen MR) is 114 cm³/mol. The average molecular weight is 392 g/mol. The maximum Gasteiger partial charge on any atom is 0.225 e. The maximum absolute atomic E-state index is 4.89. The lowest BCUT2D eigenvalue weighted by atomic mass is 9.78. The number of anilines is 1. The van der Waals surface area contributed by atoms with Crippen LogP contribution in [0.2, 0.25) is 0 Å². The first-order valence-corrected chi connectivity index (χ1v) is 10.7. The molecule has 0 aliphatic carbocycles. The van der Waals surface area contributed by atoms with E-state index >= 15 is 0 Å². The Morgan fingerprint density at radius 3 is 2.79 bits per heavy atom. The smallest absolute Gasteiger partial charge is 0.225 e. The van der Waals surface area contributed by atoms with Gasteiger partial charge in [0.2, 0.25) is 5.95 Å². The van der Waals surface area contributed by atoms with Gasteiger partial charge in [0.05, 0.1) is 23.7 Å². The van der Waals surface area contributed by atoms with Gasteiger partial charge in [-0.25, -0.2) is 15.0 Å². The van der Waals surface area contributed by atoms with E-state index in [-0.39, 0.29) is 0 Å². The zero-order valence-corrected chi connectivity index (χ0v) is 17.3. The molecule has 2 aliphatic heterocycles. The summed E-state index contributed by atoms with van der Waals surface area (Å²) in [7, 11) is 0. The fourth-order valence-corrected chi connectivity index (χ4v) is 4.77. The first-order valence-electron chi connectivity index (χ1n) is 10.7. The highest BCUT2D eigenvalue weighted by atomic mass is 15.3. The second kappa shape index (κ2) is 7.37. The molecule has 1 N–H and O–H groups in total.